The third-order valence-electron chi connectivity index (χ3n) is 5.03. The van der Waals surface area contributed by atoms with Crippen LogP contribution in [-0.2, 0) is 17.9 Å². The van der Waals surface area contributed by atoms with Gasteiger partial charge in [-0.1, -0.05) is 37.3 Å². The molecule has 148 valence electrons. The predicted molar refractivity (Wildman–Crippen MR) is 104 cm³/mol. The Morgan fingerprint density at radius 1 is 1.25 bits per heavy atom. The minimum atomic E-state index is -1.07. The van der Waals surface area contributed by atoms with Crippen molar-refractivity contribution in [1.29, 1.82) is 0 Å². The van der Waals surface area contributed by atoms with Crippen molar-refractivity contribution in [1.82, 2.24) is 25.1 Å². The van der Waals surface area contributed by atoms with E-state index in [1.54, 1.807) is 16.4 Å². The zero-order valence-electron chi connectivity index (χ0n) is 16.4. The molecular weight excluding hydrogens is 358 g/mol. The number of hydrogen-bond donors (Lipinski definition) is 2. The summed E-state index contributed by atoms with van der Waals surface area (Å²) in [5.74, 6) is -1.02. The van der Waals surface area contributed by atoms with E-state index in [1.807, 2.05) is 37.3 Å². The third kappa shape index (κ3) is 3.37. The molecule has 1 aliphatic rings. The van der Waals surface area contributed by atoms with Gasteiger partial charge in [-0.15, -0.1) is 0 Å². The van der Waals surface area contributed by atoms with E-state index in [-0.39, 0.29) is 29.7 Å². The summed E-state index contributed by atoms with van der Waals surface area (Å²) in [6.07, 6.45) is 2.14. The quantitative estimate of drug-likeness (QED) is 0.783. The molecule has 0 spiro atoms. The maximum atomic E-state index is 13.2. The molecule has 2 N–H and O–H groups in total. The van der Waals surface area contributed by atoms with E-state index in [9.17, 15) is 14.4 Å². The molecule has 0 radical (unpaired) electrons. The van der Waals surface area contributed by atoms with Crippen molar-refractivity contribution in [2.75, 3.05) is 13.6 Å². The molecule has 3 rings (SSSR count). The fourth-order valence-corrected chi connectivity index (χ4v) is 3.51. The standard InChI is InChI=1S/C20H25N5O3/c1-4-10-25-18(27)16-15(17(26)21-3)23-13-24(16)12-20(25,2)19(28)22-11-14-8-6-5-7-9-14/h5-9,13H,4,10-12H2,1-3H3,(H,21,26)(H,22,28). The minimum absolute atomic E-state index is 0.0837. The highest BCUT2D eigenvalue weighted by atomic mass is 16.2. The first-order valence-corrected chi connectivity index (χ1v) is 9.33. The number of nitrogens with zero attached hydrogens (tertiary/aromatic N) is 3. The zero-order valence-corrected chi connectivity index (χ0v) is 16.4. The second-order valence-electron chi connectivity index (χ2n) is 7.05. The average molecular weight is 383 g/mol. The number of benzene rings is 1. The van der Waals surface area contributed by atoms with Gasteiger partial charge in [0, 0.05) is 20.1 Å². The number of carbonyl (C=O) groups is 3. The molecule has 8 heteroatoms. The van der Waals surface area contributed by atoms with Crippen LogP contribution in [0.5, 0.6) is 0 Å². The average Bonchev–Trinajstić information content (AvgIpc) is 3.13. The Morgan fingerprint density at radius 3 is 2.61 bits per heavy atom. The number of hydrogen-bond acceptors (Lipinski definition) is 4. The Labute approximate surface area is 163 Å². The topological polar surface area (TPSA) is 96.3 Å². The van der Waals surface area contributed by atoms with E-state index in [1.165, 1.54) is 13.4 Å². The summed E-state index contributed by atoms with van der Waals surface area (Å²) >= 11 is 0. The lowest BCUT2D eigenvalue weighted by Gasteiger charge is -2.43. The monoisotopic (exact) mass is 383 g/mol. The maximum absolute atomic E-state index is 13.2. The van der Waals surface area contributed by atoms with Crippen molar-refractivity contribution in [2.45, 2.75) is 38.9 Å². The van der Waals surface area contributed by atoms with Gasteiger partial charge in [0.1, 0.15) is 11.2 Å². The van der Waals surface area contributed by atoms with E-state index >= 15 is 0 Å². The van der Waals surface area contributed by atoms with Crippen molar-refractivity contribution in [3.63, 3.8) is 0 Å². The molecule has 1 aromatic carbocycles. The molecule has 0 aliphatic carbocycles. The molecule has 0 saturated carbocycles. The molecule has 2 aromatic rings. The maximum Gasteiger partial charge on any atom is 0.273 e. The molecule has 2 heterocycles. The molecule has 0 saturated heterocycles. The van der Waals surface area contributed by atoms with Crippen LogP contribution in [0.2, 0.25) is 0 Å². The van der Waals surface area contributed by atoms with Crippen molar-refractivity contribution < 1.29 is 14.4 Å². The van der Waals surface area contributed by atoms with Crippen LogP contribution in [0, 0.1) is 0 Å². The first-order valence-electron chi connectivity index (χ1n) is 9.33. The van der Waals surface area contributed by atoms with Crippen LogP contribution in [0.1, 0.15) is 46.8 Å². The lowest BCUT2D eigenvalue weighted by atomic mass is 9.94. The van der Waals surface area contributed by atoms with E-state index in [0.717, 1.165) is 5.56 Å². The summed E-state index contributed by atoms with van der Waals surface area (Å²) in [7, 11) is 1.49. The molecular formula is C20H25N5O3. The Morgan fingerprint density at radius 2 is 1.96 bits per heavy atom. The van der Waals surface area contributed by atoms with Crippen molar-refractivity contribution >= 4 is 17.7 Å². The Kier molecular flexibility index (Phi) is 5.48. The first kappa shape index (κ1) is 19.6. The lowest BCUT2D eigenvalue weighted by molar-refractivity contribution is -0.133. The molecule has 1 aromatic heterocycles. The number of amides is 3. The predicted octanol–water partition coefficient (Wildman–Crippen LogP) is 1.18. The van der Waals surface area contributed by atoms with Crippen molar-refractivity contribution in [2.24, 2.45) is 0 Å². The van der Waals surface area contributed by atoms with Gasteiger partial charge >= 0.3 is 0 Å². The van der Waals surface area contributed by atoms with E-state index in [2.05, 4.69) is 15.6 Å². The summed E-state index contributed by atoms with van der Waals surface area (Å²) < 4.78 is 1.60. The Balaban J connectivity index is 1.90. The summed E-state index contributed by atoms with van der Waals surface area (Å²) in [4.78, 5) is 44.1. The SMILES string of the molecule is CCCN1C(=O)c2c(C(=O)NC)ncn2CC1(C)C(=O)NCc1ccccc1. The summed E-state index contributed by atoms with van der Waals surface area (Å²) in [5.41, 5.74) is 0.213. The molecule has 1 aliphatic heterocycles. The van der Waals surface area contributed by atoms with Crippen molar-refractivity contribution in [3.05, 3.63) is 53.6 Å². The largest absolute Gasteiger partial charge is 0.354 e. The highest BCUT2D eigenvalue weighted by molar-refractivity contribution is 6.07. The fraction of sp³-hybridized carbons (Fsp3) is 0.400. The molecule has 1 atom stereocenters. The van der Waals surface area contributed by atoms with Crippen LogP contribution < -0.4 is 10.6 Å². The molecule has 8 nitrogen and oxygen atoms in total. The van der Waals surface area contributed by atoms with Crippen molar-refractivity contribution in [3.8, 4) is 0 Å². The number of rotatable bonds is 6. The summed E-state index contributed by atoms with van der Waals surface area (Å²) in [5, 5.41) is 5.45. The summed E-state index contributed by atoms with van der Waals surface area (Å²) in [6.45, 7) is 4.72. The number of aromatic nitrogens is 2. The summed E-state index contributed by atoms with van der Waals surface area (Å²) in [6, 6.07) is 9.60. The Bertz CT molecular complexity index is 893. The van der Waals surface area contributed by atoms with Crippen LogP contribution >= 0.6 is 0 Å². The van der Waals surface area contributed by atoms with Crippen LogP contribution in [0.25, 0.3) is 0 Å². The minimum Gasteiger partial charge on any atom is -0.354 e. The zero-order chi connectivity index (χ0) is 20.3. The van der Waals surface area contributed by atoms with Gasteiger partial charge < -0.3 is 20.1 Å². The van der Waals surface area contributed by atoms with Gasteiger partial charge in [0.05, 0.1) is 12.9 Å². The van der Waals surface area contributed by atoms with Crippen LogP contribution in [0.15, 0.2) is 36.7 Å². The number of carbonyl (C=O) groups excluding carboxylic acids is 3. The highest BCUT2D eigenvalue weighted by Crippen LogP contribution is 2.29. The van der Waals surface area contributed by atoms with Gasteiger partial charge in [-0.3, -0.25) is 14.4 Å². The number of nitrogens with one attached hydrogen (secondary N) is 2. The van der Waals surface area contributed by atoms with Gasteiger partial charge in [0.15, 0.2) is 5.69 Å². The lowest BCUT2D eigenvalue weighted by Crippen LogP contribution is -2.64. The van der Waals surface area contributed by atoms with Crippen LogP contribution in [-0.4, -0.2) is 51.3 Å². The van der Waals surface area contributed by atoms with Gasteiger partial charge in [0.2, 0.25) is 5.91 Å². The molecule has 1 unspecified atom stereocenters. The molecule has 0 fully saturated rings. The normalized spacial score (nSPS) is 18.5. The second-order valence-corrected chi connectivity index (χ2v) is 7.05. The van der Waals surface area contributed by atoms with Crippen LogP contribution in [0.4, 0.5) is 0 Å². The fourth-order valence-electron chi connectivity index (χ4n) is 3.51. The van der Waals surface area contributed by atoms with Gasteiger partial charge in [-0.25, -0.2) is 4.98 Å². The van der Waals surface area contributed by atoms with E-state index in [4.69, 9.17) is 0 Å². The van der Waals surface area contributed by atoms with E-state index in [0.29, 0.717) is 19.5 Å². The third-order valence-corrected chi connectivity index (χ3v) is 5.03. The van der Waals surface area contributed by atoms with Gasteiger partial charge in [0.25, 0.3) is 11.8 Å². The smallest absolute Gasteiger partial charge is 0.273 e. The molecule has 0 bridgehead atoms. The number of fused-ring (bicyclic) bond motifs is 1. The van der Waals surface area contributed by atoms with Gasteiger partial charge in [-0.05, 0) is 18.9 Å². The first-order chi connectivity index (χ1) is 13.4. The van der Waals surface area contributed by atoms with Gasteiger partial charge in [-0.2, -0.15) is 0 Å². The molecule has 3 amide bonds. The Hall–Kier alpha value is -3.16. The highest BCUT2D eigenvalue weighted by Gasteiger charge is 2.48. The number of imidazole rings is 1. The molecule has 28 heavy (non-hydrogen) atoms. The van der Waals surface area contributed by atoms with Crippen LogP contribution in [0.3, 0.4) is 0 Å². The second kappa shape index (κ2) is 7.84. The van der Waals surface area contributed by atoms with E-state index < -0.39 is 11.4 Å².